The summed E-state index contributed by atoms with van der Waals surface area (Å²) in [6.45, 7) is 5.58. The zero-order chi connectivity index (χ0) is 13.5. The first kappa shape index (κ1) is 16.2. The predicted octanol–water partition coefficient (Wildman–Crippen LogP) is 2.03. The van der Waals surface area contributed by atoms with Gasteiger partial charge in [-0.15, -0.1) is 0 Å². The minimum absolute atomic E-state index is 0.0282. The van der Waals surface area contributed by atoms with Crippen molar-refractivity contribution >= 4 is 5.91 Å². The molecular weight excluding hydrogens is 233 g/mol. The lowest BCUT2D eigenvalue weighted by Crippen LogP contribution is -2.42. The number of carbonyl (C=O) groups is 1. The van der Waals surface area contributed by atoms with E-state index in [-0.39, 0.29) is 18.9 Å². The van der Waals surface area contributed by atoms with Gasteiger partial charge in [0.15, 0.2) is 0 Å². The van der Waals surface area contributed by atoms with Gasteiger partial charge in [0.25, 0.3) is 0 Å². The van der Waals surface area contributed by atoms with Crippen LogP contribution < -0.4 is 5.32 Å². The van der Waals surface area contributed by atoms with E-state index in [9.17, 15) is 18.0 Å². The quantitative estimate of drug-likeness (QED) is 0.705. The number of hydrogen-bond acceptors (Lipinski definition) is 2. The van der Waals surface area contributed by atoms with Crippen molar-refractivity contribution < 1.29 is 18.0 Å². The number of hydrogen-bond donors (Lipinski definition) is 1. The van der Waals surface area contributed by atoms with Gasteiger partial charge in [0.1, 0.15) is 6.54 Å². The Morgan fingerprint density at radius 3 is 2.35 bits per heavy atom. The molecule has 0 unspecified atom stereocenters. The molecule has 0 spiro atoms. The Morgan fingerprint density at radius 2 is 1.94 bits per heavy atom. The highest BCUT2D eigenvalue weighted by molar-refractivity contribution is 5.76. The number of alkyl halides is 3. The smallest absolute Gasteiger partial charge is 0.333 e. The molecule has 0 radical (unpaired) electrons. The minimum atomic E-state index is -4.33. The van der Waals surface area contributed by atoms with Crippen molar-refractivity contribution in [3.05, 3.63) is 0 Å². The first-order chi connectivity index (χ1) is 7.76. The SMILES string of the molecule is CCNCCC(=O)N(CC(C)C)CC(F)(F)F. The Hall–Kier alpha value is -0.780. The highest BCUT2D eigenvalue weighted by atomic mass is 19.4. The van der Waals surface area contributed by atoms with Gasteiger partial charge in [-0.05, 0) is 12.5 Å². The first-order valence-corrected chi connectivity index (χ1v) is 5.81. The Bertz CT molecular complexity index is 229. The van der Waals surface area contributed by atoms with Crippen LogP contribution >= 0.6 is 0 Å². The van der Waals surface area contributed by atoms with Gasteiger partial charge >= 0.3 is 6.18 Å². The van der Waals surface area contributed by atoms with Gasteiger partial charge in [0, 0.05) is 19.5 Å². The Morgan fingerprint density at radius 1 is 1.35 bits per heavy atom. The third kappa shape index (κ3) is 8.97. The second-order valence-corrected chi connectivity index (χ2v) is 4.39. The fourth-order valence-corrected chi connectivity index (χ4v) is 1.44. The summed E-state index contributed by atoms with van der Waals surface area (Å²) in [5.74, 6) is -0.419. The summed E-state index contributed by atoms with van der Waals surface area (Å²) in [5, 5.41) is 2.92. The molecule has 17 heavy (non-hydrogen) atoms. The molecule has 0 heterocycles. The molecule has 0 atom stereocenters. The van der Waals surface area contributed by atoms with Gasteiger partial charge in [-0.2, -0.15) is 13.2 Å². The molecule has 0 aromatic carbocycles. The average Bonchev–Trinajstić information content (AvgIpc) is 2.14. The van der Waals surface area contributed by atoms with Crippen molar-refractivity contribution in [1.29, 1.82) is 0 Å². The van der Waals surface area contributed by atoms with E-state index < -0.39 is 18.6 Å². The van der Waals surface area contributed by atoms with Crippen LogP contribution in [-0.4, -0.2) is 43.2 Å². The zero-order valence-corrected chi connectivity index (χ0v) is 10.6. The van der Waals surface area contributed by atoms with Gasteiger partial charge in [-0.25, -0.2) is 0 Å². The number of rotatable bonds is 7. The molecule has 0 aromatic rings. The van der Waals surface area contributed by atoms with E-state index in [1.54, 1.807) is 13.8 Å². The maximum atomic E-state index is 12.3. The van der Waals surface area contributed by atoms with E-state index in [0.29, 0.717) is 13.1 Å². The summed E-state index contributed by atoms with van der Waals surface area (Å²) in [4.78, 5) is 12.5. The van der Waals surface area contributed by atoms with Crippen molar-refractivity contribution in [2.45, 2.75) is 33.4 Å². The Labute approximate surface area is 100 Å². The summed E-state index contributed by atoms with van der Waals surface area (Å²) in [5.41, 5.74) is 0. The van der Waals surface area contributed by atoms with Crippen LogP contribution in [0.3, 0.4) is 0 Å². The summed E-state index contributed by atoms with van der Waals surface area (Å²) >= 11 is 0. The summed E-state index contributed by atoms with van der Waals surface area (Å²) in [6, 6.07) is 0. The lowest BCUT2D eigenvalue weighted by atomic mass is 10.2. The fraction of sp³-hybridized carbons (Fsp3) is 0.909. The van der Waals surface area contributed by atoms with E-state index >= 15 is 0 Å². The van der Waals surface area contributed by atoms with E-state index in [1.807, 2.05) is 6.92 Å². The zero-order valence-electron chi connectivity index (χ0n) is 10.6. The first-order valence-electron chi connectivity index (χ1n) is 5.81. The number of nitrogens with zero attached hydrogens (tertiary/aromatic N) is 1. The average molecular weight is 254 g/mol. The van der Waals surface area contributed by atoms with Crippen LogP contribution in [-0.2, 0) is 4.79 Å². The van der Waals surface area contributed by atoms with E-state index in [4.69, 9.17) is 0 Å². The summed E-state index contributed by atoms with van der Waals surface area (Å²) in [6.07, 6.45) is -4.22. The Balaban J connectivity index is 4.30. The van der Waals surface area contributed by atoms with E-state index in [2.05, 4.69) is 5.32 Å². The third-order valence-electron chi connectivity index (χ3n) is 2.07. The van der Waals surface area contributed by atoms with Crippen molar-refractivity contribution in [3.8, 4) is 0 Å². The second kappa shape index (κ2) is 7.53. The van der Waals surface area contributed by atoms with Gasteiger partial charge in [0.05, 0.1) is 0 Å². The highest BCUT2D eigenvalue weighted by Crippen LogP contribution is 2.17. The van der Waals surface area contributed by atoms with Gasteiger partial charge < -0.3 is 10.2 Å². The van der Waals surface area contributed by atoms with Crippen molar-refractivity contribution in [2.75, 3.05) is 26.2 Å². The van der Waals surface area contributed by atoms with E-state index in [1.165, 1.54) is 0 Å². The van der Waals surface area contributed by atoms with Crippen LogP contribution in [0, 0.1) is 5.92 Å². The van der Waals surface area contributed by atoms with Crippen LogP contribution in [0.25, 0.3) is 0 Å². The maximum absolute atomic E-state index is 12.3. The largest absolute Gasteiger partial charge is 0.406 e. The monoisotopic (exact) mass is 254 g/mol. The fourth-order valence-electron chi connectivity index (χ4n) is 1.44. The van der Waals surface area contributed by atoms with E-state index in [0.717, 1.165) is 4.90 Å². The van der Waals surface area contributed by atoms with Gasteiger partial charge in [-0.1, -0.05) is 20.8 Å². The van der Waals surface area contributed by atoms with Crippen LogP contribution in [0.1, 0.15) is 27.2 Å². The molecule has 0 aliphatic heterocycles. The van der Waals surface area contributed by atoms with Gasteiger partial charge in [-0.3, -0.25) is 4.79 Å². The molecule has 6 heteroatoms. The molecule has 0 aliphatic rings. The highest BCUT2D eigenvalue weighted by Gasteiger charge is 2.32. The number of halogens is 3. The normalized spacial score (nSPS) is 11.9. The molecule has 1 N–H and O–H groups in total. The second-order valence-electron chi connectivity index (χ2n) is 4.39. The van der Waals surface area contributed by atoms with Crippen LogP contribution in [0.15, 0.2) is 0 Å². The summed E-state index contributed by atoms with van der Waals surface area (Å²) in [7, 11) is 0. The Kier molecular flexibility index (Phi) is 7.18. The molecule has 1 amide bonds. The topological polar surface area (TPSA) is 32.3 Å². The molecule has 0 saturated carbocycles. The van der Waals surface area contributed by atoms with Crippen molar-refractivity contribution in [1.82, 2.24) is 10.2 Å². The standard InChI is InChI=1S/C11H21F3N2O/c1-4-15-6-5-10(17)16(7-9(2)3)8-11(12,13)14/h9,15H,4-8H2,1-3H3. The minimum Gasteiger partial charge on any atom is -0.333 e. The molecule has 0 saturated heterocycles. The van der Waals surface area contributed by atoms with Crippen LogP contribution in [0.4, 0.5) is 13.2 Å². The number of nitrogens with one attached hydrogen (secondary N) is 1. The molecule has 0 aromatic heterocycles. The lowest BCUT2D eigenvalue weighted by molar-refractivity contribution is -0.162. The molecule has 0 aliphatic carbocycles. The van der Waals surface area contributed by atoms with Crippen LogP contribution in [0.5, 0.6) is 0 Å². The summed E-state index contributed by atoms with van der Waals surface area (Å²) < 4.78 is 36.9. The molecule has 0 bridgehead atoms. The molecule has 0 rings (SSSR count). The van der Waals surface area contributed by atoms with Crippen LogP contribution in [0.2, 0.25) is 0 Å². The molecule has 0 fully saturated rings. The molecule has 102 valence electrons. The van der Waals surface area contributed by atoms with Crippen molar-refractivity contribution in [2.24, 2.45) is 5.92 Å². The third-order valence-corrected chi connectivity index (χ3v) is 2.07. The predicted molar refractivity (Wildman–Crippen MR) is 60.6 cm³/mol. The van der Waals surface area contributed by atoms with Crippen molar-refractivity contribution in [3.63, 3.8) is 0 Å². The molecule has 3 nitrogen and oxygen atoms in total. The lowest BCUT2D eigenvalue weighted by Gasteiger charge is -2.25. The number of carbonyl (C=O) groups excluding carboxylic acids is 1. The molecular formula is C11H21F3N2O. The van der Waals surface area contributed by atoms with Gasteiger partial charge in [0.2, 0.25) is 5.91 Å². The number of amides is 1. The maximum Gasteiger partial charge on any atom is 0.406 e.